The summed E-state index contributed by atoms with van der Waals surface area (Å²) < 4.78 is 28.8. The maximum absolute atomic E-state index is 12.7. The first-order valence-electron chi connectivity index (χ1n) is 9.26. The summed E-state index contributed by atoms with van der Waals surface area (Å²) in [5.41, 5.74) is 2.34. The zero-order chi connectivity index (χ0) is 21.7. The number of amides is 1. The fourth-order valence-electron chi connectivity index (χ4n) is 2.47. The first-order chi connectivity index (χ1) is 14.3. The highest BCUT2D eigenvalue weighted by molar-refractivity contribution is 8.01. The number of anilines is 2. The van der Waals surface area contributed by atoms with Crippen molar-refractivity contribution in [1.29, 1.82) is 0 Å². The molecule has 0 aliphatic heterocycles. The molecule has 0 aliphatic carbocycles. The van der Waals surface area contributed by atoms with Crippen molar-refractivity contribution >= 4 is 49.8 Å². The average molecular weight is 463 g/mol. The van der Waals surface area contributed by atoms with Crippen molar-refractivity contribution in [1.82, 2.24) is 10.2 Å². The van der Waals surface area contributed by atoms with Crippen LogP contribution in [-0.2, 0) is 10.0 Å². The molecular weight excluding hydrogens is 440 g/mol. The van der Waals surface area contributed by atoms with Crippen molar-refractivity contribution in [2.24, 2.45) is 0 Å². The predicted molar refractivity (Wildman–Crippen MR) is 122 cm³/mol. The lowest BCUT2D eigenvalue weighted by molar-refractivity contribution is 0.102. The lowest BCUT2D eigenvalue weighted by atomic mass is 10.1. The molecule has 0 spiro atoms. The van der Waals surface area contributed by atoms with Crippen LogP contribution in [-0.4, -0.2) is 30.3 Å². The van der Waals surface area contributed by atoms with Crippen molar-refractivity contribution < 1.29 is 13.2 Å². The summed E-state index contributed by atoms with van der Waals surface area (Å²) in [6, 6.07) is 11.4. The van der Waals surface area contributed by atoms with Gasteiger partial charge < -0.3 is 0 Å². The number of aryl methyl sites for hydroxylation is 2. The quantitative estimate of drug-likeness (QED) is 0.371. The molecule has 0 radical (unpaired) electrons. The number of thioether (sulfide) groups is 1. The molecule has 30 heavy (non-hydrogen) atoms. The Bertz CT molecular complexity index is 1140. The lowest BCUT2D eigenvalue weighted by Gasteiger charge is -2.12. The van der Waals surface area contributed by atoms with Crippen LogP contribution in [0.4, 0.5) is 10.8 Å². The molecule has 10 heteroatoms. The van der Waals surface area contributed by atoms with Crippen LogP contribution in [0.25, 0.3) is 0 Å². The topological polar surface area (TPSA) is 101 Å². The Labute approximate surface area is 184 Å². The largest absolute Gasteiger partial charge is 0.296 e. The molecule has 2 aromatic carbocycles. The van der Waals surface area contributed by atoms with Gasteiger partial charge >= 0.3 is 0 Å². The molecule has 0 saturated heterocycles. The van der Waals surface area contributed by atoms with Gasteiger partial charge in [-0.1, -0.05) is 53.8 Å². The molecule has 0 fully saturated rings. The Balaban J connectivity index is 1.76. The molecule has 1 aromatic heterocycles. The van der Waals surface area contributed by atoms with Crippen LogP contribution in [0.1, 0.15) is 34.8 Å². The first-order valence-corrected chi connectivity index (χ1v) is 12.5. The van der Waals surface area contributed by atoms with E-state index in [-0.39, 0.29) is 10.8 Å². The van der Waals surface area contributed by atoms with E-state index in [1.807, 2.05) is 6.92 Å². The predicted octanol–water partition coefficient (Wildman–Crippen LogP) is 4.71. The minimum absolute atomic E-state index is 0.160. The number of carbonyl (C=O) groups excluding carboxylic acids is 1. The maximum Gasteiger partial charge on any atom is 0.261 e. The summed E-state index contributed by atoms with van der Waals surface area (Å²) in [4.78, 5) is 12.8. The minimum atomic E-state index is -3.76. The summed E-state index contributed by atoms with van der Waals surface area (Å²) >= 11 is 2.90. The van der Waals surface area contributed by atoms with Gasteiger partial charge in [-0.2, -0.15) is 0 Å². The summed E-state index contributed by atoms with van der Waals surface area (Å²) in [5.74, 6) is 0.555. The third-order valence-corrected chi connectivity index (χ3v) is 7.69. The molecular formula is C20H22N4O3S3. The number of nitrogens with zero attached hydrogens (tertiary/aromatic N) is 2. The van der Waals surface area contributed by atoms with Crippen molar-refractivity contribution in [2.45, 2.75) is 36.4 Å². The van der Waals surface area contributed by atoms with E-state index in [0.717, 1.165) is 22.1 Å². The van der Waals surface area contributed by atoms with Gasteiger partial charge in [0.2, 0.25) is 5.13 Å². The van der Waals surface area contributed by atoms with Crippen molar-refractivity contribution in [3.63, 3.8) is 0 Å². The van der Waals surface area contributed by atoms with Crippen molar-refractivity contribution in [3.05, 3.63) is 59.2 Å². The standard InChI is InChI=1S/C20H22N4O3S3/c1-4-11-28-20-23-22-19(29-20)21-18(25)15-8-7-14(3)17(12-15)24-30(26,27)16-9-5-13(2)6-10-16/h5-10,12,24H,4,11H2,1-3H3,(H,21,22,25). The molecule has 2 N–H and O–H groups in total. The van der Waals surface area contributed by atoms with Gasteiger partial charge in [0, 0.05) is 11.3 Å². The molecule has 0 saturated carbocycles. The van der Waals surface area contributed by atoms with Crippen molar-refractivity contribution in [2.75, 3.05) is 15.8 Å². The first kappa shape index (κ1) is 22.3. The number of sulfonamides is 1. The summed E-state index contributed by atoms with van der Waals surface area (Å²) in [7, 11) is -3.76. The average Bonchev–Trinajstić information content (AvgIpc) is 3.15. The second-order valence-electron chi connectivity index (χ2n) is 6.62. The van der Waals surface area contributed by atoms with Crippen LogP contribution in [0, 0.1) is 13.8 Å². The number of benzene rings is 2. The molecule has 0 unspecified atom stereocenters. The second kappa shape index (κ2) is 9.59. The van der Waals surface area contributed by atoms with Crippen LogP contribution in [0.15, 0.2) is 51.7 Å². The van der Waals surface area contributed by atoms with Gasteiger partial charge in [-0.05, 0) is 50.1 Å². The molecule has 7 nitrogen and oxygen atoms in total. The van der Waals surface area contributed by atoms with E-state index in [9.17, 15) is 13.2 Å². The summed E-state index contributed by atoms with van der Waals surface area (Å²) in [5, 5.41) is 11.2. The molecule has 3 rings (SSSR count). The molecule has 158 valence electrons. The van der Waals surface area contributed by atoms with E-state index < -0.39 is 10.0 Å². The fourth-order valence-corrected chi connectivity index (χ4v) is 5.27. The zero-order valence-corrected chi connectivity index (χ0v) is 19.2. The highest BCUT2D eigenvalue weighted by Crippen LogP contribution is 2.27. The number of hydrogen-bond donors (Lipinski definition) is 2. The van der Waals surface area contributed by atoms with E-state index in [4.69, 9.17) is 0 Å². The summed E-state index contributed by atoms with van der Waals surface area (Å²) in [6.07, 6.45) is 1.02. The molecule has 3 aromatic rings. The zero-order valence-electron chi connectivity index (χ0n) is 16.8. The number of rotatable bonds is 8. The van der Waals surface area contributed by atoms with E-state index >= 15 is 0 Å². The van der Waals surface area contributed by atoms with E-state index in [2.05, 4.69) is 27.2 Å². The van der Waals surface area contributed by atoms with Gasteiger partial charge in [-0.15, -0.1) is 10.2 Å². The molecule has 0 aliphatic rings. The SMILES string of the molecule is CCCSc1nnc(NC(=O)c2ccc(C)c(NS(=O)(=O)c3ccc(C)cc3)c2)s1. The molecule has 0 bridgehead atoms. The van der Waals surface area contributed by atoms with E-state index in [1.54, 1.807) is 55.1 Å². The van der Waals surface area contributed by atoms with Crippen LogP contribution in [0.5, 0.6) is 0 Å². The third kappa shape index (κ3) is 5.59. The van der Waals surface area contributed by atoms with Gasteiger partial charge in [0.1, 0.15) is 0 Å². The summed E-state index contributed by atoms with van der Waals surface area (Å²) in [6.45, 7) is 5.74. The lowest BCUT2D eigenvalue weighted by Crippen LogP contribution is -2.16. The molecule has 1 heterocycles. The smallest absolute Gasteiger partial charge is 0.261 e. The Kier molecular flexibility index (Phi) is 7.11. The Morgan fingerprint density at radius 2 is 1.83 bits per heavy atom. The van der Waals surface area contributed by atoms with Crippen LogP contribution in [0.3, 0.4) is 0 Å². The minimum Gasteiger partial charge on any atom is -0.296 e. The number of carbonyl (C=O) groups is 1. The van der Waals surface area contributed by atoms with Gasteiger partial charge in [-0.25, -0.2) is 8.42 Å². The van der Waals surface area contributed by atoms with Crippen LogP contribution < -0.4 is 10.0 Å². The van der Waals surface area contributed by atoms with E-state index in [1.165, 1.54) is 17.4 Å². The third-order valence-electron chi connectivity index (χ3n) is 4.13. The monoisotopic (exact) mass is 462 g/mol. The Morgan fingerprint density at radius 1 is 1.10 bits per heavy atom. The normalized spacial score (nSPS) is 11.3. The highest BCUT2D eigenvalue weighted by Gasteiger charge is 2.17. The molecule has 0 atom stereocenters. The van der Waals surface area contributed by atoms with Gasteiger partial charge in [-0.3, -0.25) is 14.8 Å². The van der Waals surface area contributed by atoms with E-state index in [0.29, 0.717) is 21.9 Å². The fraction of sp³-hybridized carbons (Fsp3) is 0.250. The second-order valence-corrected chi connectivity index (χ2v) is 10.6. The van der Waals surface area contributed by atoms with Gasteiger partial charge in [0.25, 0.3) is 15.9 Å². The maximum atomic E-state index is 12.7. The van der Waals surface area contributed by atoms with Gasteiger partial charge in [0.15, 0.2) is 4.34 Å². The van der Waals surface area contributed by atoms with Crippen molar-refractivity contribution in [3.8, 4) is 0 Å². The number of nitrogens with one attached hydrogen (secondary N) is 2. The highest BCUT2D eigenvalue weighted by atomic mass is 32.2. The van der Waals surface area contributed by atoms with Crippen LogP contribution >= 0.6 is 23.1 Å². The van der Waals surface area contributed by atoms with Gasteiger partial charge in [0.05, 0.1) is 10.6 Å². The molecule has 1 amide bonds. The number of aromatic nitrogens is 2. The number of hydrogen-bond acceptors (Lipinski definition) is 7. The Hall–Kier alpha value is -2.43. The van der Waals surface area contributed by atoms with Crippen LogP contribution in [0.2, 0.25) is 0 Å². The Morgan fingerprint density at radius 3 is 2.53 bits per heavy atom.